The summed E-state index contributed by atoms with van der Waals surface area (Å²) in [6.45, 7) is 0. The van der Waals surface area contributed by atoms with Crippen LogP contribution in [0.25, 0.3) is 11.1 Å². The van der Waals surface area contributed by atoms with E-state index in [0.29, 0.717) is 12.2 Å². The van der Waals surface area contributed by atoms with Crippen LogP contribution in [0.3, 0.4) is 0 Å². The lowest BCUT2D eigenvalue weighted by Crippen LogP contribution is -2.30. The van der Waals surface area contributed by atoms with Crippen LogP contribution in [0.1, 0.15) is 12.0 Å². The molecule has 1 N–H and O–H groups in total. The summed E-state index contributed by atoms with van der Waals surface area (Å²) in [5.74, 6) is -0.198. The molecule has 0 amide bonds. The molecule has 1 aliphatic rings. The van der Waals surface area contributed by atoms with Crippen molar-refractivity contribution >= 4 is 5.97 Å². The monoisotopic (exact) mass is 254 g/mol. The Morgan fingerprint density at radius 1 is 1.11 bits per heavy atom. The number of carboxylic acid groups (broad SMARTS) is 1. The SMILES string of the molecule is O=C(O)[C@H]1CCc2cc(-c3ccccc3)ccc2O1. The second kappa shape index (κ2) is 4.76. The van der Waals surface area contributed by atoms with Gasteiger partial charge in [-0.25, -0.2) is 4.79 Å². The maximum atomic E-state index is 10.9. The van der Waals surface area contributed by atoms with E-state index in [-0.39, 0.29) is 0 Å². The van der Waals surface area contributed by atoms with Gasteiger partial charge in [-0.1, -0.05) is 36.4 Å². The Balaban J connectivity index is 1.92. The Morgan fingerprint density at radius 3 is 2.63 bits per heavy atom. The van der Waals surface area contributed by atoms with Crippen LogP contribution in [0.5, 0.6) is 5.75 Å². The number of aliphatic carboxylic acids is 1. The molecule has 3 rings (SSSR count). The van der Waals surface area contributed by atoms with Gasteiger partial charge in [0.1, 0.15) is 5.75 Å². The van der Waals surface area contributed by atoms with E-state index in [1.54, 1.807) is 0 Å². The van der Waals surface area contributed by atoms with Crippen molar-refractivity contribution in [2.24, 2.45) is 0 Å². The molecule has 1 aliphatic heterocycles. The largest absolute Gasteiger partial charge is 0.479 e. The minimum absolute atomic E-state index is 0.528. The first-order valence-corrected chi connectivity index (χ1v) is 6.32. The molecule has 3 nitrogen and oxygen atoms in total. The molecule has 0 fully saturated rings. The lowest BCUT2D eigenvalue weighted by molar-refractivity contribution is -0.145. The van der Waals surface area contributed by atoms with E-state index in [1.165, 1.54) is 0 Å². The standard InChI is InChI=1S/C16H14O3/c17-16(18)15-9-7-13-10-12(6-8-14(13)19-15)11-4-2-1-3-5-11/h1-6,8,10,15H,7,9H2,(H,17,18)/t15-/m1/s1. The Morgan fingerprint density at radius 2 is 1.89 bits per heavy atom. The lowest BCUT2D eigenvalue weighted by atomic mass is 9.97. The first kappa shape index (κ1) is 11.8. The zero-order valence-corrected chi connectivity index (χ0v) is 10.4. The van der Waals surface area contributed by atoms with Crippen LogP contribution >= 0.6 is 0 Å². The molecular weight excluding hydrogens is 240 g/mol. The predicted molar refractivity (Wildman–Crippen MR) is 72.3 cm³/mol. The van der Waals surface area contributed by atoms with E-state index in [0.717, 1.165) is 23.1 Å². The van der Waals surface area contributed by atoms with E-state index in [2.05, 4.69) is 18.2 Å². The van der Waals surface area contributed by atoms with Crippen LogP contribution in [-0.2, 0) is 11.2 Å². The number of aryl methyl sites for hydroxylation is 1. The third-order valence-corrected chi connectivity index (χ3v) is 3.39. The summed E-state index contributed by atoms with van der Waals surface area (Å²) in [6, 6.07) is 16.0. The summed E-state index contributed by atoms with van der Waals surface area (Å²) in [7, 11) is 0. The van der Waals surface area contributed by atoms with Crippen LogP contribution in [0.15, 0.2) is 48.5 Å². The molecule has 0 unspecified atom stereocenters. The van der Waals surface area contributed by atoms with Crippen molar-refractivity contribution in [3.63, 3.8) is 0 Å². The zero-order chi connectivity index (χ0) is 13.2. The van der Waals surface area contributed by atoms with Gasteiger partial charge in [-0.05, 0) is 41.7 Å². The summed E-state index contributed by atoms with van der Waals surface area (Å²) in [5, 5.41) is 8.97. The highest BCUT2D eigenvalue weighted by Gasteiger charge is 2.25. The molecule has 1 atom stereocenters. The molecule has 0 saturated carbocycles. The highest BCUT2D eigenvalue weighted by molar-refractivity contribution is 5.74. The van der Waals surface area contributed by atoms with Gasteiger partial charge >= 0.3 is 5.97 Å². The number of ether oxygens (including phenoxy) is 1. The minimum atomic E-state index is -0.891. The molecule has 0 bridgehead atoms. The number of carbonyl (C=O) groups is 1. The Hall–Kier alpha value is -2.29. The second-order valence-corrected chi connectivity index (χ2v) is 4.67. The summed E-state index contributed by atoms with van der Waals surface area (Å²) < 4.78 is 5.48. The molecule has 1 heterocycles. The number of benzene rings is 2. The fraction of sp³-hybridized carbons (Fsp3) is 0.188. The van der Waals surface area contributed by atoms with Gasteiger partial charge in [0.05, 0.1) is 0 Å². The van der Waals surface area contributed by atoms with Gasteiger partial charge in [-0.2, -0.15) is 0 Å². The topological polar surface area (TPSA) is 46.5 Å². The third-order valence-electron chi connectivity index (χ3n) is 3.39. The van der Waals surface area contributed by atoms with Crippen LogP contribution < -0.4 is 4.74 Å². The highest BCUT2D eigenvalue weighted by atomic mass is 16.5. The average Bonchev–Trinajstić information content (AvgIpc) is 2.47. The second-order valence-electron chi connectivity index (χ2n) is 4.67. The summed E-state index contributed by atoms with van der Waals surface area (Å²) >= 11 is 0. The number of rotatable bonds is 2. The van der Waals surface area contributed by atoms with Crippen molar-refractivity contribution in [2.45, 2.75) is 18.9 Å². The van der Waals surface area contributed by atoms with Gasteiger partial charge in [-0.3, -0.25) is 0 Å². The van der Waals surface area contributed by atoms with E-state index in [4.69, 9.17) is 9.84 Å². The van der Waals surface area contributed by atoms with E-state index in [9.17, 15) is 4.79 Å². The summed E-state index contributed by atoms with van der Waals surface area (Å²) in [5.41, 5.74) is 3.38. The van der Waals surface area contributed by atoms with Gasteiger partial charge in [0.25, 0.3) is 0 Å². The van der Waals surface area contributed by atoms with Crippen LogP contribution in [0, 0.1) is 0 Å². The number of hydrogen-bond acceptors (Lipinski definition) is 2. The number of fused-ring (bicyclic) bond motifs is 1. The molecule has 0 saturated heterocycles. The van der Waals surface area contributed by atoms with Gasteiger partial charge in [-0.15, -0.1) is 0 Å². The van der Waals surface area contributed by atoms with Gasteiger partial charge < -0.3 is 9.84 Å². The molecule has 19 heavy (non-hydrogen) atoms. The summed E-state index contributed by atoms with van der Waals surface area (Å²) in [6.07, 6.45) is 0.558. The van der Waals surface area contributed by atoms with Gasteiger partial charge in [0.15, 0.2) is 6.10 Å². The summed E-state index contributed by atoms with van der Waals surface area (Å²) in [4.78, 5) is 10.9. The van der Waals surface area contributed by atoms with Crippen molar-refractivity contribution in [3.05, 3.63) is 54.1 Å². The predicted octanol–water partition coefficient (Wildman–Crippen LogP) is 3.13. The number of carboxylic acids is 1. The van der Waals surface area contributed by atoms with E-state index < -0.39 is 12.1 Å². The normalized spacial score (nSPS) is 17.4. The van der Waals surface area contributed by atoms with Crippen molar-refractivity contribution in [1.29, 1.82) is 0 Å². The van der Waals surface area contributed by atoms with E-state index >= 15 is 0 Å². The number of hydrogen-bond donors (Lipinski definition) is 1. The first-order chi connectivity index (χ1) is 9.24. The van der Waals surface area contributed by atoms with Gasteiger partial charge in [0.2, 0.25) is 0 Å². The van der Waals surface area contributed by atoms with E-state index in [1.807, 2.05) is 30.3 Å². The molecule has 0 aromatic heterocycles. The first-order valence-electron chi connectivity index (χ1n) is 6.32. The fourth-order valence-corrected chi connectivity index (χ4v) is 2.37. The Labute approximate surface area is 111 Å². The Bertz CT molecular complexity index is 605. The quantitative estimate of drug-likeness (QED) is 0.895. The van der Waals surface area contributed by atoms with Crippen molar-refractivity contribution in [1.82, 2.24) is 0 Å². The maximum Gasteiger partial charge on any atom is 0.344 e. The average molecular weight is 254 g/mol. The van der Waals surface area contributed by atoms with Gasteiger partial charge in [0, 0.05) is 0 Å². The molecule has 96 valence electrons. The minimum Gasteiger partial charge on any atom is -0.479 e. The van der Waals surface area contributed by atoms with Crippen molar-refractivity contribution < 1.29 is 14.6 Å². The van der Waals surface area contributed by atoms with Crippen LogP contribution in [-0.4, -0.2) is 17.2 Å². The van der Waals surface area contributed by atoms with Crippen LogP contribution in [0.4, 0.5) is 0 Å². The lowest BCUT2D eigenvalue weighted by Gasteiger charge is -2.23. The fourth-order valence-electron chi connectivity index (χ4n) is 2.37. The Kier molecular flexibility index (Phi) is 2.95. The third kappa shape index (κ3) is 2.32. The molecular formula is C16H14O3. The zero-order valence-electron chi connectivity index (χ0n) is 10.4. The highest BCUT2D eigenvalue weighted by Crippen LogP contribution is 2.31. The molecule has 0 radical (unpaired) electrons. The molecule has 2 aromatic rings. The van der Waals surface area contributed by atoms with Crippen molar-refractivity contribution in [3.8, 4) is 16.9 Å². The molecule has 2 aromatic carbocycles. The van der Waals surface area contributed by atoms with Crippen molar-refractivity contribution in [2.75, 3.05) is 0 Å². The smallest absolute Gasteiger partial charge is 0.344 e. The maximum absolute atomic E-state index is 10.9. The molecule has 0 spiro atoms. The van der Waals surface area contributed by atoms with Crippen LogP contribution in [0.2, 0.25) is 0 Å². The molecule has 0 aliphatic carbocycles. The molecule has 3 heteroatoms.